The second kappa shape index (κ2) is 3.23. The first-order valence-electron chi connectivity index (χ1n) is 3.23. The van der Waals surface area contributed by atoms with Crippen molar-refractivity contribution in [3.05, 3.63) is 34.9 Å². The molecule has 0 radical (unpaired) electrons. The summed E-state index contributed by atoms with van der Waals surface area (Å²) < 4.78 is 0. The minimum atomic E-state index is -2.41. The van der Waals surface area contributed by atoms with Crippen LogP contribution in [0.2, 0.25) is 5.02 Å². The van der Waals surface area contributed by atoms with Crippen LogP contribution >= 0.6 is 11.6 Å². The lowest BCUT2D eigenvalue weighted by Crippen LogP contribution is -2.26. The van der Waals surface area contributed by atoms with Gasteiger partial charge in [-0.2, -0.15) is 0 Å². The molecule has 0 bridgehead atoms. The van der Waals surface area contributed by atoms with Gasteiger partial charge in [0.25, 0.3) is 0 Å². The van der Waals surface area contributed by atoms with E-state index in [2.05, 4.69) is 0 Å². The molecule has 1 aromatic rings. The van der Waals surface area contributed by atoms with Gasteiger partial charge in [0, 0.05) is 10.6 Å². The van der Waals surface area contributed by atoms with Gasteiger partial charge in [0.15, 0.2) is 6.29 Å². The van der Waals surface area contributed by atoms with Crippen molar-refractivity contribution in [2.45, 2.75) is 5.79 Å². The van der Waals surface area contributed by atoms with Crippen LogP contribution in [0.25, 0.3) is 0 Å². The summed E-state index contributed by atoms with van der Waals surface area (Å²) in [6, 6.07) is 5.69. The summed E-state index contributed by atoms with van der Waals surface area (Å²) in [7, 11) is 0. The first-order valence-corrected chi connectivity index (χ1v) is 3.61. The maximum Gasteiger partial charge on any atom is 0.248 e. The molecule has 0 amide bonds. The van der Waals surface area contributed by atoms with Gasteiger partial charge in [0.05, 0.1) is 0 Å². The highest BCUT2D eigenvalue weighted by molar-refractivity contribution is 6.30. The quantitative estimate of drug-likeness (QED) is 0.528. The average molecular weight is 187 g/mol. The highest BCUT2D eigenvalue weighted by atomic mass is 35.5. The van der Waals surface area contributed by atoms with Gasteiger partial charge in [0.2, 0.25) is 5.79 Å². The molecular weight excluding hydrogens is 180 g/mol. The predicted octanol–water partition coefficient (Wildman–Crippen LogP) is 0.676. The number of carbonyl (C=O) groups excluding carboxylic acids is 1. The van der Waals surface area contributed by atoms with Gasteiger partial charge in [-0.05, 0) is 12.1 Å². The lowest BCUT2D eigenvalue weighted by molar-refractivity contribution is -0.173. The third-order valence-electron chi connectivity index (χ3n) is 1.43. The maximum atomic E-state index is 10.2. The van der Waals surface area contributed by atoms with Crippen LogP contribution in [-0.2, 0) is 10.6 Å². The Kier molecular flexibility index (Phi) is 2.47. The van der Waals surface area contributed by atoms with Gasteiger partial charge in [-0.3, -0.25) is 4.79 Å². The van der Waals surface area contributed by atoms with Gasteiger partial charge in [-0.25, -0.2) is 0 Å². The molecular formula is C8H7ClO3. The predicted molar refractivity (Wildman–Crippen MR) is 43.6 cm³/mol. The molecule has 2 N–H and O–H groups in total. The largest absolute Gasteiger partial charge is 0.356 e. The number of aliphatic hydroxyl groups is 2. The zero-order valence-corrected chi connectivity index (χ0v) is 6.82. The monoisotopic (exact) mass is 186 g/mol. The highest BCUT2D eigenvalue weighted by Gasteiger charge is 2.24. The van der Waals surface area contributed by atoms with Gasteiger partial charge in [0.1, 0.15) is 0 Å². The second-order valence-electron chi connectivity index (χ2n) is 2.35. The molecule has 1 rings (SSSR count). The molecule has 64 valence electrons. The number of benzene rings is 1. The second-order valence-corrected chi connectivity index (χ2v) is 2.79. The van der Waals surface area contributed by atoms with Crippen LogP contribution in [0.1, 0.15) is 5.56 Å². The van der Waals surface area contributed by atoms with Crippen molar-refractivity contribution in [1.82, 2.24) is 0 Å². The molecule has 0 spiro atoms. The Bertz CT molecular complexity index is 279. The molecule has 1 aromatic carbocycles. The number of halogens is 1. The molecule has 0 fully saturated rings. The van der Waals surface area contributed by atoms with E-state index in [1.165, 1.54) is 24.3 Å². The van der Waals surface area contributed by atoms with Gasteiger partial charge < -0.3 is 10.2 Å². The number of carbonyl (C=O) groups is 1. The molecule has 0 heterocycles. The molecule has 0 atom stereocenters. The Balaban J connectivity index is 3.04. The SMILES string of the molecule is O=CC(O)(O)c1ccc(Cl)cc1. The third-order valence-corrected chi connectivity index (χ3v) is 1.69. The van der Waals surface area contributed by atoms with E-state index >= 15 is 0 Å². The third kappa shape index (κ3) is 1.82. The number of hydrogen-bond acceptors (Lipinski definition) is 3. The van der Waals surface area contributed by atoms with Crippen LogP contribution in [0.5, 0.6) is 0 Å². The van der Waals surface area contributed by atoms with E-state index in [0.29, 0.717) is 5.02 Å². The van der Waals surface area contributed by atoms with Crippen molar-refractivity contribution >= 4 is 17.9 Å². The molecule has 0 aliphatic carbocycles. The first-order chi connectivity index (χ1) is 5.56. The van der Waals surface area contributed by atoms with E-state index in [1.807, 2.05) is 0 Å². The lowest BCUT2D eigenvalue weighted by atomic mass is 10.1. The number of hydrogen-bond donors (Lipinski definition) is 2. The number of rotatable bonds is 2. The van der Waals surface area contributed by atoms with E-state index in [0.717, 1.165) is 0 Å². The molecule has 4 heteroatoms. The minimum Gasteiger partial charge on any atom is -0.356 e. The normalized spacial score (nSPS) is 11.2. The van der Waals surface area contributed by atoms with Crippen molar-refractivity contribution in [3.8, 4) is 0 Å². The summed E-state index contributed by atoms with van der Waals surface area (Å²) in [5.41, 5.74) is 0.0990. The van der Waals surface area contributed by atoms with E-state index in [4.69, 9.17) is 21.8 Å². The molecule has 0 aromatic heterocycles. The smallest absolute Gasteiger partial charge is 0.248 e. The summed E-state index contributed by atoms with van der Waals surface area (Å²) in [6.07, 6.45) is 0.0518. The van der Waals surface area contributed by atoms with E-state index in [1.54, 1.807) is 0 Å². The molecule has 0 saturated carbocycles. The Morgan fingerprint density at radius 2 is 1.75 bits per heavy atom. The van der Waals surface area contributed by atoms with E-state index in [9.17, 15) is 4.79 Å². The Morgan fingerprint density at radius 1 is 1.25 bits per heavy atom. The molecule has 12 heavy (non-hydrogen) atoms. The van der Waals surface area contributed by atoms with Gasteiger partial charge in [-0.15, -0.1) is 0 Å². The minimum absolute atomic E-state index is 0.0518. The maximum absolute atomic E-state index is 10.2. The summed E-state index contributed by atoms with van der Waals surface area (Å²) in [5, 5.41) is 18.5. The molecule has 0 aliphatic rings. The average Bonchev–Trinajstić information content (AvgIpc) is 2.05. The summed E-state index contributed by atoms with van der Waals surface area (Å²) in [5.74, 6) is -2.41. The van der Waals surface area contributed by atoms with Gasteiger partial charge >= 0.3 is 0 Å². The fourth-order valence-corrected chi connectivity index (χ4v) is 0.889. The van der Waals surface area contributed by atoms with E-state index < -0.39 is 5.79 Å². The van der Waals surface area contributed by atoms with Crippen molar-refractivity contribution in [2.24, 2.45) is 0 Å². The summed E-state index contributed by atoms with van der Waals surface area (Å²) in [4.78, 5) is 10.2. The van der Waals surface area contributed by atoms with E-state index in [-0.39, 0.29) is 11.8 Å². The van der Waals surface area contributed by atoms with Crippen LogP contribution in [-0.4, -0.2) is 16.5 Å². The molecule has 0 saturated heterocycles. The Hall–Kier alpha value is -0.900. The van der Waals surface area contributed by atoms with Crippen molar-refractivity contribution in [2.75, 3.05) is 0 Å². The van der Waals surface area contributed by atoms with Crippen molar-refractivity contribution in [1.29, 1.82) is 0 Å². The number of aldehydes is 1. The molecule has 3 nitrogen and oxygen atoms in total. The van der Waals surface area contributed by atoms with Crippen LogP contribution in [0, 0.1) is 0 Å². The highest BCUT2D eigenvalue weighted by Crippen LogP contribution is 2.17. The van der Waals surface area contributed by atoms with Gasteiger partial charge in [-0.1, -0.05) is 23.7 Å². The molecule has 0 aliphatic heterocycles. The van der Waals surface area contributed by atoms with Crippen LogP contribution in [0.15, 0.2) is 24.3 Å². The standard InChI is InChI=1S/C8H7ClO3/c9-7-3-1-6(2-4-7)8(11,12)5-10/h1-5,11-12H. The molecule has 0 unspecified atom stereocenters. The summed E-state index contributed by atoms with van der Waals surface area (Å²) in [6.45, 7) is 0. The Morgan fingerprint density at radius 3 is 2.17 bits per heavy atom. The summed E-state index contributed by atoms with van der Waals surface area (Å²) >= 11 is 5.55. The zero-order chi connectivity index (χ0) is 9.19. The van der Waals surface area contributed by atoms with Crippen LogP contribution < -0.4 is 0 Å². The topological polar surface area (TPSA) is 57.5 Å². The fourth-order valence-electron chi connectivity index (χ4n) is 0.763. The zero-order valence-electron chi connectivity index (χ0n) is 6.07. The van der Waals surface area contributed by atoms with Crippen molar-refractivity contribution in [3.63, 3.8) is 0 Å². The lowest BCUT2D eigenvalue weighted by Gasteiger charge is -2.13. The Labute approximate surface area is 74.2 Å². The first kappa shape index (κ1) is 9.19. The van der Waals surface area contributed by atoms with Crippen LogP contribution in [0.3, 0.4) is 0 Å². The fraction of sp³-hybridized carbons (Fsp3) is 0.125. The van der Waals surface area contributed by atoms with Crippen LogP contribution in [0.4, 0.5) is 0 Å². The van der Waals surface area contributed by atoms with Crippen molar-refractivity contribution < 1.29 is 15.0 Å².